The average Bonchev–Trinajstić information content (AvgIpc) is 3.18. The van der Waals surface area contributed by atoms with Crippen molar-refractivity contribution in [1.29, 1.82) is 0 Å². The van der Waals surface area contributed by atoms with E-state index < -0.39 is 16.3 Å². The molecule has 4 rings (SSSR count). The Balaban J connectivity index is 1.60. The predicted octanol–water partition coefficient (Wildman–Crippen LogP) is 3.36. The number of rotatable bonds is 9. The zero-order valence-electron chi connectivity index (χ0n) is 22.2. The van der Waals surface area contributed by atoms with Crippen LogP contribution in [0.2, 0.25) is 0 Å². The number of sulfonamides is 1. The molecular weight excluding hydrogens is 492 g/mol. The van der Waals surface area contributed by atoms with Crippen LogP contribution in [0.5, 0.6) is 5.75 Å². The molecule has 0 saturated carbocycles. The highest BCUT2D eigenvalue weighted by Crippen LogP contribution is 2.37. The standard InChI is InChI=1S/C27H38N4O5S/c1-6-37(34,35)30-13-11-20(12-14-30)18(3)31-19(4)25(21-9-7-8-10-23(21)31)27(33)28-16-22-24(36-5)15-17(2)29-26(22)32/h7-10,15,18,20,27-28,33H,6,11-14,16H2,1-5H3,(H,29,32). The second kappa shape index (κ2) is 11.0. The minimum atomic E-state index is -3.17. The lowest BCUT2D eigenvalue weighted by molar-refractivity contribution is 0.136. The molecule has 202 valence electrons. The highest BCUT2D eigenvalue weighted by atomic mass is 32.2. The average molecular weight is 531 g/mol. The fraction of sp³-hybridized carbons (Fsp3) is 0.519. The summed E-state index contributed by atoms with van der Waals surface area (Å²) in [6.45, 7) is 8.87. The van der Waals surface area contributed by atoms with E-state index in [-0.39, 0.29) is 23.9 Å². The Morgan fingerprint density at radius 1 is 1.22 bits per heavy atom. The molecule has 3 N–H and O–H groups in total. The van der Waals surface area contributed by atoms with Gasteiger partial charge in [-0.1, -0.05) is 18.2 Å². The van der Waals surface area contributed by atoms with Crippen LogP contribution < -0.4 is 15.6 Å². The van der Waals surface area contributed by atoms with Crippen LogP contribution in [0.3, 0.4) is 0 Å². The van der Waals surface area contributed by atoms with Crippen LogP contribution in [0, 0.1) is 19.8 Å². The normalized spacial score (nSPS) is 17.2. The van der Waals surface area contributed by atoms with Gasteiger partial charge in [-0.15, -0.1) is 0 Å². The van der Waals surface area contributed by atoms with Gasteiger partial charge in [0.2, 0.25) is 10.0 Å². The number of aromatic nitrogens is 2. The van der Waals surface area contributed by atoms with Crippen LogP contribution in [-0.2, 0) is 16.6 Å². The molecule has 0 amide bonds. The molecule has 0 spiro atoms. The van der Waals surface area contributed by atoms with Gasteiger partial charge >= 0.3 is 0 Å². The fourth-order valence-electron chi connectivity index (χ4n) is 5.65. The zero-order valence-corrected chi connectivity index (χ0v) is 23.1. The summed E-state index contributed by atoms with van der Waals surface area (Å²) >= 11 is 0. The summed E-state index contributed by atoms with van der Waals surface area (Å²) in [6.07, 6.45) is 0.581. The van der Waals surface area contributed by atoms with Crippen LogP contribution in [-0.4, -0.2) is 53.3 Å². The molecule has 3 heterocycles. The second-order valence-corrected chi connectivity index (χ2v) is 12.1. The molecule has 10 heteroatoms. The van der Waals surface area contributed by atoms with Crippen molar-refractivity contribution in [3.63, 3.8) is 0 Å². The third kappa shape index (κ3) is 5.34. The van der Waals surface area contributed by atoms with Gasteiger partial charge in [-0.25, -0.2) is 12.7 Å². The van der Waals surface area contributed by atoms with Crippen molar-refractivity contribution < 1.29 is 18.3 Å². The van der Waals surface area contributed by atoms with Crippen molar-refractivity contribution in [3.8, 4) is 5.75 Å². The maximum absolute atomic E-state index is 12.5. The first-order chi connectivity index (χ1) is 17.6. The molecule has 0 radical (unpaired) electrons. The number of piperidine rings is 1. The van der Waals surface area contributed by atoms with Gasteiger partial charge in [0, 0.05) is 53.5 Å². The number of hydrogen-bond donors (Lipinski definition) is 3. The van der Waals surface area contributed by atoms with E-state index in [0.717, 1.165) is 35.0 Å². The van der Waals surface area contributed by atoms with Crippen molar-refractivity contribution in [2.24, 2.45) is 5.92 Å². The molecular formula is C27H38N4O5S. The summed E-state index contributed by atoms with van der Waals surface area (Å²) in [6, 6.07) is 9.88. The number of methoxy groups -OCH3 is 1. The number of pyridine rings is 1. The van der Waals surface area contributed by atoms with E-state index in [0.29, 0.717) is 36.0 Å². The van der Waals surface area contributed by atoms with Crippen LogP contribution in [0.15, 0.2) is 35.1 Å². The van der Waals surface area contributed by atoms with Crippen LogP contribution in [0.1, 0.15) is 61.5 Å². The quantitative estimate of drug-likeness (QED) is 0.365. The molecule has 37 heavy (non-hydrogen) atoms. The number of nitrogens with one attached hydrogen (secondary N) is 2. The second-order valence-electron chi connectivity index (χ2n) is 9.88. The number of aromatic amines is 1. The molecule has 1 aromatic carbocycles. The van der Waals surface area contributed by atoms with E-state index in [2.05, 4.69) is 27.9 Å². The number of ether oxygens (including phenoxy) is 1. The van der Waals surface area contributed by atoms with Gasteiger partial charge in [0.1, 0.15) is 12.0 Å². The molecule has 2 atom stereocenters. The number of para-hydroxylation sites is 1. The number of H-pyrrole nitrogens is 1. The Kier molecular flexibility index (Phi) is 8.13. The molecule has 2 aromatic heterocycles. The van der Waals surface area contributed by atoms with E-state index in [1.807, 2.05) is 25.1 Å². The van der Waals surface area contributed by atoms with E-state index in [9.17, 15) is 18.3 Å². The number of fused-ring (bicyclic) bond motifs is 1. The topological polar surface area (TPSA) is 117 Å². The monoisotopic (exact) mass is 530 g/mol. The Morgan fingerprint density at radius 3 is 2.54 bits per heavy atom. The van der Waals surface area contributed by atoms with Gasteiger partial charge in [-0.2, -0.15) is 0 Å². The smallest absolute Gasteiger partial charge is 0.256 e. The third-order valence-corrected chi connectivity index (χ3v) is 9.63. The Hall–Kier alpha value is -2.66. The molecule has 3 aromatic rings. The van der Waals surface area contributed by atoms with Crippen molar-refractivity contribution in [2.75, 3.05) is 26.0 Å². The van der Waals surface area contributed by atoms with E-state index >= 15 is 0 Å². The molecule has 0 bridgehead atoms. The Morgan fingerprint density at radius 2 is 1.89 bits per heavy atom. The summed E-state index contributed by atoms with van der Waals surface area (Å²) in [5.74, 6) is 0.916. The lowest BCUT2D eigenvalue weighted by Gasteiger charge is -2.35. The van der Waals surface area contributed by atoms with Gasteiger partial charge in [0.15, 0.2) is 0 Å². The summed E-state index contributed by atoms with van der Waals surface area (Å²) < 4.78 is 33.9. The van der Waals surface area contributed by atoms with Crippen molar-refractivity contribution >= 4 is 20.9 Å². The first kappa shape index (κ1) is 27.4. The van der Waals surface area contributed by atoms with Gasteiger partial charge in [-0.05, 0) is 58.6 Å². The van der Waals surface area contributed by atoms with Crippen LogP contribution in [0.25, 0.3) is 10.9 Å². The molecule has 1 saturated heterocycles. The maximum atomic E-state index is 12.5. The lowest BCUT2D eigenvalue weighted by Crippen LogP contribution is -2.40. The molecule has 2 unspecified atom stereocenters. The summed E-state index contributed by atoms with van der Waals surface area (Å²) in [5, 5.41) is 15.3. The summed E-state index contributed by atoms with van der Waals surface area (Å²) in [4.78, 5) is 15.3. The van der Waals surface area contributed by atoms with Gasteiger partial charge < -0.3 is 19.4 Å². The largest absolute Gasteiger partial charge is 0.496 e. The van der Waals surface area contributed by atoms with Crippen molar-refractivity contribution in [2.45, 2.75) is 59.4 Å². The number of hydrogen-bond acceptors (Lipinski definition) is 6. The van der Waals surface area contributed by atoms with Crippen molar-refractivity contribution in [3.05, 3.63) is 63.2 Å². The zero-order chi connectivity index (χ0) is 26.9. The van der Waals surface area contributed by atoms with E-state index in [1.165, 1.54) is 7.11 Å². The SMILES string of the molecule is CCS(=O)(=O)N1CCC(C(C)n2c(C)c(C(O)NCc3c(OC)cc(C)[nH]c3=O)c3ccccc32)CC1. The van der Waals surface area contributed by atoms with Crippen molar-refractivity contribution in [1.82, 2.24) is 19.2 Å². The Labute approximate surface area is 218 Å². The molecule has 0 aliphatic carbocycles. The predicted molar refractivity (Wildman–Crippen MR) is 145 cm³/mol. The minimum absolute atomic E-state index is 0.123. The fourth-order valence-corrected chi connectivity index (χ4v) is 6.79. The van der Waals surface area contributed by atoms with Crippen LogP contribution >= 0.6 is 0 Å². The maximum Gasteiger partial charge on any atom is 0.256 e. The number of benzene rings is 1. The Bertz CT molecular complexity index is 1420. The number of aliphatic hydroxyl groups is 1. The molecule has 1 aliphatic rings. The van der Waals surface area contributed by atoms with Gasteiger partial charge in [-0.3, -0.25) is 10.1 Å². The summed E-state index contributed by atoms with van der Waals surface area (Å²) in [5.41, 5.74) is 3.63. The highest BCUT2D eigenvalue weighted by Gasteiger charge is 2.32. The molecule has 1 fully saturated rings. The summed E-state index contributed by atoms with van der Waals surface area (Å²) in [7, 11) is -1.65. The highest BCUT2D eigenvalue weighted by molar-refractivity contribution is 7.89. The minimum Gasteiger partial charge on any atom is -0.496 e. The van der Waals surface area contributed by atoms with Gasteiger partial charge in [0.05, 0.1) is 18.4 Å². The first-order valence-electron chi connectivity index (χ1n) is 12.8. The van der Waals surface area contributed by atoms with E-state index in [4.69, 9.17) is 4.74 Å². The number of aliphatic hydroxyl groups excluding tert-OH is 1. The molecule has 1 aliphatic heterocycles. The van der Waals surface area contributed by atoms with Crippen LogP contribution in [0.4, 0.5) is 0 Å². The number of nitrogens with zero attached hydrogens (tertiary/aromatic N) is 2. The van der Waals surface area contributed by atoms with Gasteiger partial charge in [0.25, 0.3) is 5.56 Å². The van der Waals surface area contributed by atoms with E-state index in [1.54, 1.807) is 24.2 Å². The first-order valence-corrected chi connectivity index (χ1v) is 14.4. The number of aryl methyl sites for hydroxylation is 1. The lowest BCUT2D eigenvalue weighted by atomic mass is 9.91. The third-order valence-electron chi connectivity index (χ3n) is 7.75. The molecule has 9 nitrogen and oxygen atoms in total.